The van der Waals surface area contributed by atoms with Gasteiger partial charge in [-0.3, -0.25) is 9.20 Å². The first-order valence-electron chi connectivity index (χ1n) is 9.52. The number of esters is 2. The maximum Gasteiger partial charge on any atom is 0.341 e. The van der Waals surface area contributed by atoms with Crippen molar-refractivity contribution < 1.29 is 28.2 Å². The fourth-order valence-electron chi connectivity index (χ4n) is 3.49. The smallest absolute Gasteiger partial charge is 0.341 e. The van der Waals surface area contributed by atoms with Crippen LogP contribution < -0.4 is 0 Å². The van der Waals surface area contributed by atoms with Crippen molar-refractivity contribution in [1.29, 1.82) is 0 Å². The van der Waals surface area contributed by atoms with E-state index < -0.39 is 23.5 Å². The minimum absolute atomic E-state index is 0.121. The number of rotatable bonds is 5. The molecular weight excluding hydrogens is 415 g/mol. The average molecular weight is 432 g/mol. The third-order valence-electron chi connectivity index (χ3n) is 5.00. The summed E-state index contributed by atoms with van der Waals surface area (Å²) in [5.41, 5.74) is 1.17. The number of hydrogen-bond acceptors (Lipinski definition) is 6. The highest BCUT2D eigenvalue weighted by Crippen LogP contribution is 2.30. The first kappa shape index (κ1) is 20.9. The van der Waals surface area contributed by atoms with Crippen LogP contribution in [0.25, 0.3) is 16.8 Å². The van der Waals surface area contributed by atoms with Crippen LogP contribution in [0.1, 0.15) is 36.8 Å². The minimum atomic E-state index is -0.888. The first-order chi connectivity index (χ1) is 15.5. The Kier molecular flexibility index (Phi) is 5.51. The molecule has 32 heavy (non-hydrogen) atoms. The van der Waals surface area contributed by atoms with Crippen LogP contribution in [0.2, 0.25) is 0 Å². The lowest BCUT2D eigenvalue weighted by Gasteiger charge is -2.06. The summed E-state index contributed by atoms with van der Waals surface area (Å²) in [7, 11) is 2.32. The Bertz CT molecular complexity index is 1340. The molecular formula is C24H17FN2O5. The Morgan fingerprint density at radius 3 is 2.12 bits per heavy atom. The van der Waals surface area contributed by atoms with Gasteiger partial charge in [0, 0.05) is 11.1 Å². The largest absolute Gasteiger partial charge is 0.465 e. The zero-order valence-corrected chi connectivity index (χ0v) is 17.2. The van der Waals surface area contributed by atoms with E-state index in [1.807, 2.05) is 30.3 Å². The lowest BCUT2D eigenvalue weighted by Crippen LogP contribution is -2.15. The summed E-state index contributed by atoms with van der Waals surface area (Å²) in [4.78, 5) is 43.2. The standard InChI is InChI=1S/C24H17FN2O5/c1-31-23(29)19-18-12-17(14-6-4-3-5-7-14)26-13-27(18)21(20(19)24(30)32-2)22(28)15-8-10-16(25)11-9-15/h3-13H,1-2H3. The van der Waals surface area contributed by atoms with Gasteiger partial charge in [-0.25, -0.2) is 19.0 Å². The van der Waals surface area contributed by atoms with Crippen LogP contribution in [0.15, 0.2) is 67.0 Å². The molecule has 0 unspecified atom stereocenters. The molecule has 0 N–H and O–H groups in total. The van der Waals surface area contributed by atoms with Crippen LogP contribution in [0.3, 0.4) is 0 Å². The Morgan fingerprint density at radius 1 is 0.875 bits per heavy atom. The van der Waals surface area contributed by atoms with E-state index in [0.717, 1.165) is 24.8 Å². The monoisotopic (exact) mass is 432 g/mol. The van der Waals surface area contributed by atoms with Gasteiger partial charge in [-0.15, -0.1) is 0 Å². The molecule has 0 saturated heterocycles. The van der Waals surface area contributed by atoms with E-state index in [9.17, 15) is 18.8 Å². The molecule has 2 aromatic carbocycles. The fraction of sp³-hybridized carbons (Fsp3) is 0.0833. The number of aromatic nitrogens is 2. The highest BCUT2D eigenvalue weighted by Gasteiger charge is 2.33. The number of ketones is 1. The summed E-state index contributed by atoms with van der Waals surface area (Å²) >= 11 is 0. The number of methoxy groups -OCH3 is 2. The third-order valence-corrected chi connectivity index (χ3v) is 5.00. The predicted octanol–water partition coefficient (Wildman–Crippen LogP) is 3.94. The van der Waals surface area contributed by atoms with Crippen LogP contribution in [0.4, 0.5) is 4.39 Å². The van der Waals surface area contributed by atoms with Crippen molar-refractivity contribution in [2.75, 3.05) is 14.2 Å². The van der Waals surface area contributed by atoms with Gasteiger partial charge in [0.1, 0.15) is 29.0 Å². The molecule has 4 aromatic rings. The zero-order chi connectivity index (χ0) is 22.8. The number of benzene rings is 2. The van der Waals surface area contributed by atoms with Gasteiger partial charge in [-0.2, -0.15) is 0 Å². The molecule has 0 fully saturated rings. The maximum atomic E-state index is 13.4. The van der Waals surface area contributed by atoms with E-state index in [2.05, 4.69) is 4.98 Å². The van der Waals surface area contributed by atoms with Crippen molar-refractivity contribution >= 4 is 23.2 Å². The second kappa shape index (κ2) is 8.43. The van der Waals surface area contributed by atoms with E-state index in [1.54, 1.807) is 6.07 Å². The SMILES string of the molecule is COC(=O)c1c(C(=O)OC)c2cc(-c3ccccc3)ncn2c1C(=O)c1ccc(F)cc1. The molecule has 0 aliphatic heterocycles. The van der Waals surface area contributed by atoms with E-state index in [0.29, 0.717) is 5.69 Å². The van der Waals surface area contributed by atoms with Crippen molar-refractivity contribution in [1.82, 2.24) is 9.38 Å². The summed E-state index contributed by atoms with van der Waals surface area (Å²) in [6, 6.07) is 15.7. The molecule has 2 heterocycles. The summed E-state index contributed by atoms with van der Waals surface area (Å²) in [5, 5.41) is 0. The topological polar surface area (TPSA) is 87.0 Å². The van der Waals surface area contributed by atoms with E-state index in [1.165, 1.54) is 30.0 Å². The van der Waals surface area contributed by atoms with Crippen molar-refractivity contribution in [2.24, 2.45) is 0 Å². The van der Waals surface area contributed by atoms with Crippen molar-refractivity contribution in [2.45, 2.75) is 0 Å². The molecule has 8 heteroatoms. The van der Waals surface area contributed by atoms with Crippen LogP contribution in [0, 0.1) is 5.82 Å². The van der Waals surface area contributed by atoms with Crippen molar-refractivity contribution in [3.63, 3.8) is 0 Å². The van der Waals surface area contributed by atoms with Crippen LogP contribution in [0.5, 0.6) is 0 Å². The molecule has 0 radical (unpaired) electrons. The fourth-order valence-corrected chi connectivity index (χ4v) is 3.49. The minimum Gasteiger partial charge on any atom is -0.465 e. The molecule has 0 aliphatic carbocycles. The molecule has 0 atom stereocenters. The predicted molar refractivity (Wildman–Crippen MR) is 113 cm³/mol. The Hall–Kier alpha value is -4.33. The number of ether oxygens (including phenoxy) is 2. The summed E-state index contributed by atoms with van der Waals surface area (Å²) in [5.74, 6) is -2.82. The number of carbonyl (C=O) groups excluding carboxylic acids is 3. The summed E-state index contributed by atoms with van der Waals surface area (Å²) in [6.07, 6.45) is 1.35. The Balaban J connectivity index is 2.05. The highest BCUT2D eigenvalue weighted by molar-refractivity contribution is 6.19. The first-order valence-corrected chi connectivity index (χ1v) is 9.52. The average Bonchev–Trinajstić information content (AvgIpc) is 3.18. The quantitative estimate of drug-likeness (QED) is 0.351. The number of hydrogen-bond donors (Lipinski definition) is 0. The summed E-state index contributed by atoms with van der Waals surface area (Å²) < 4.78 is 24.5. The Labute approximate surface area is 182 Å². The van der Waals surface area contributed by atoms with Gasteiger partial charge in [0.05, 0.1) is 25.4 Å². The molecule has 7 nitrogen and oxygen atoms in total. The van der Waals surface area contributed by atoms with Gasteiger partial charge in [0.2, 0.25) is 5.78 Å². The van der Waals surface area contributed by atoms with E-state index >= 15 is 0 Å². The van der Waals surface area contributed by atoms with Gasteiger partial charge in [-0.1, -0.05) is 30.3 Å². The van der Waals surface area contributed by atoms with Gasteiger partial charge in [0.25, 0.3) is 0 Å². The highest BCUT2D eigenvalue weighted by atomic mass is 19.1. The molecule has 0 saturated carbocycles. The molecule has 2 aromatic heterocycles. The van der Waals surface area contributed by atoms with Gasteiger partial charge in [-0.05, 0) is 30.3 Å². The van der Waals surface area contributed by atoms with Gasteiger partial charge < -0.3 is 9.47 Å². The number of fused-ring (bicyclic) bond motifs is 1. The molecule has 4 rings (SSSR count). The van der Waals surface area contributed by atoms with Crippen LogP contribution in [-0.4, -0.2) is 41.3 Å². The lowest BCUT2D eigenvalue weighted by molar-refractivity contribution is 0.0556. The molecule has 160 valence electrons. The second-order valence-corrected chi connectivity index (χ2v) is 6.81. The van der Waals surface area contributed by atoms with Crippen LogP contribution in [-0.2, 0) is 9.47 Å². The normalized spacial score (nSPS) is 10.7. The van der Waals surface area contributed by atoms with Gasteiger partial charge >= 0.3 is 11.9 Å². The zero-order valence-electron chi connectivity index (χ0n) is 17.2. The Morgan fingerprint density at radius 2 is 1.50 bits per heavy atom. The molecule has 0 aliphatic rings. The lowest BCUT2D eigenvalue weighted by atomic mass is 10.0. The molecule has 0 bridgehead atoms. The summed E-state index contributed by atoms with van der Waals surface area (Å²) in [6.45, 7) is 0. The van der Waals surface area contributed by atoms with E-state index in [4.69, 9.17) is 9.47 Å². The van der Waals surface area contributed by atoms with Crippen LogP contribution >= 0.6 is 0 Å². The second-order valence-electron chi connectivity index (χ2n) is 6.81. The number of nitrogens with zero attached hydrogens (tertiary/aromatic N) is 2. The molecule has 0 spiro atoms. The maximum absolute atomic E-state index is 13.4. The van der Waals surface area contributed by atoms with Gasteiger partial charge in [0.15, 0.2) is 0 Å². The van der Waals surface area contributed by atoms with Crippen molar-refractivity contribution in [3.8, 4) is 11.3 Å². The van der Waals surface area contributed by atoms with E-state index in [-0.39, 0.29) is 27.9 Å². The number of carbonyl (C=O) groups is 3. The number of halogens is 1. The van der Waals surface area contributed by atoms with Crippen molar-refractivity contribution in [3.05, 3.63) is 95.2 Å². The third kappa shape index (κ3) is 3.51. The molecule has 0 amide bonds.